The average molecular weight is 421 g/mol. The topological polar surface area (TPSA) is 71.9 Å². The average Bonchev–Trinajstić information content (AvgIpc) is 2.63. The van der Waals surface area contributed by atoms with E-state index in [1.54, 1.807) is 19.2 Å². The summed E-state index contributed by atoms with van der Waals surface area (Å²) in [6.45, 7) is 3.01. The highest BCUT2D eigenvalue weighted by atomic mass is 79.9. The molecule has 0 aromatic heterocycles. The summed E-state index contributed by atoms with van der Waals surface area (Å²) >= 11 is 3.36. The molecule has 3 N–H and O–H groups in total. The second-order valence-electron chi connectivity index (χ2n) is 5.76. The van der Waals surface area contributed by atoms with Gasteiger partial charge in [-0.15, -0.1) is 0 Å². The molecule has 0 spiro atoms. The highest BCUT2D eigenvalue weighted by molar-refractivity contribution is 9.10. The van der Waals surface area contributed by atoms with E-state index in [1.165, 1.54) is 0 Å². The lowest BCUT2D eigenvalue weighted by Gasteiger charge is -2.17. The second kappa shape index (κ2) is 9.94. The Kier molecular flexibility index (Phi) is 7.62. The zero-order valence-corrected chi connectivity index (χ0v) is 16.4. The number of ether oxygens (including phenoxy) is 1. The van der Waals surface area contributed by atoms with Gasteiger partial charge in [0.05, 0.1) is 19.3 Å². The van der Waals surface area contributed by atoms with Gasteiger partial charge in [-0.05, 0) is 43.3 Å². The smallest absolute Gasteiger partial charge is 0.279 e. The van der Waals surface area contributed by atoms with E-state index in [9.17, 15) is 9.59 Å². The van der Waals surface area contributed by atoms with Crippen molar-refractivity contribution < 1.29 is 19.2 Å². The van der Waals surface area contributed by atoms with Gasteiger partial charge >= 0.3 is 0 Å². The molecule has 26 heavy (non-hydrogen) atoms. The second-order valence-corrected chi connectivity index (χ2v) is 6.68. The molecular formula is C19H23BrN3O3+. The summed E-state index contributed by atoms with van der Waals surface area (Å²) in [6, 6.07) is 14.6. The number of carbonyl (C=O) groups is 2. The molecule has 0 aliphatic carbocycles. The van der Waals surface area contributed by atoms with E-state index >= 15 is 0 Å². The zero-order chi connectivity index (χ0) is 18.9. The monoisotopic (exact) mass is 420 g/mol. The highest BCUT2D eigenvalue weighted by Crippen LogP contribution is 2.22. The van der Waals surface area contributed by atoms with Crippen LogP contribution in [-0.4, -0.2) is 38.6 Å². The Morgan fingerprint density at radius 1 is 1.00 bits per heavy atom. The van der Waals surface area contributed by atoms with Crippen molar-refractivity contribution in [3.05, 3.63) is 53.0 Å². The first-order chi connectivity index (χ1) is 12.5. The summed E-state index contributed by atoms with van der Waals surface area (Å²) in [7, 11) is 1.56. The number of rotatable bonds is 8. The number of carbonyl (C=O) groups excluding carboxylic acids is 2. The van der Waals surface area contributed by atoms with Crippen molar-refractivity contribution in [2.75, 3.05) is 37.4 Å². The molecule has 2 aromatic carbocycles. The van der Waals surface area contributed by atoms with Gasteiger partial charge < -0.3 is 20.3 Å². The Hall–Kier alpha value is -2.38. The van der Waals surface area contributed by atoms with E-state index in [4.69, 9.17) is 4.74 Å². The zero-order valence-electron chi connectivity index (χ0n) is 14.8. The van der Waals surface area contributed by atoms with Crippen LogP contribution < -0.4 is 20.3 Å². The summed E-state index contributed by atoms with van der Waals surface area (Å²) in [5.74, 6) is 0.309. The fourth-order valence-corrected chi connectivity index (χ4v) is 2.71. The van der Waals surface area contributed by atoms with Crippen LogP contribution in [0.4, 0.5) is 11.4 Å². The van der Waals surface area contributed by atoms with Crippen molar-refractivity contribution in [3.63, 3.8) is 0 Å². The van der Waals surface area contributed by atoms with Crippen LogP contribution in [0.3, 0.4) is 0 Å². The Bertz CT molecular complexity index is 750. The number of anilines is 2. The Labute approximate surface area is 161 Å². The molecule has 0 saturated carbocycles. The number of para-hydroxylation sites is 2. The standard InChI is InChI=1S/C19H22BrN3O3/c1-3-23(12-18(24)21-15-10-8-14(20)9-11-15)13-19(25)22-16-6-4-5-7-17(16)26-2/h4-11H,3,12-13H2,1-2H3,(H,21,24)(H,22,25)/p+1. The molecule has 0 radical (unpaired) electrons. The van der Waals surface area contributed by atoms with E-state index < -0.39 is 0 Å². The fourth-order valence-electron chi connectivity index (χ4n) is 2.45. The molecule has 0 saturated heterocycles. The number of hydrogen-bond acceptors (Lipinski definition) is 3. The summed E-state index contributed by atoms with van der Waals surface area (Å²) in [5, 5.41) is 5.68. The highest BCUT2D eigenvalue weighted by Gasteiger charge is 2.17. The molecule has 2 rings (SSSR count). The summed E-state index contributed by atoms with van der Waals surface area (Å²) in [4.78, 5) is 25.4. The minimum Gasteiger partial charge on any atom is -0.495 e. The van der Waals surface area contributed by atoms with Gasteiger partial charge in [-0.3, -0.25) is 9.59 Å². The quantitative estimate of drug-likeness (QED) is 0.610. The van der Waals surface area contributed by atoms with Gasteiger partial charge in [0.15, 0.2) is 13.1 Å². The Morgan fingerprint density at radius 3 is 2.23 bits per heavy atom. The normalized spacial score (nSPS) is 11.5. The molecule has 0 aliphatic heterocycles. The maximum Gasteiger partial charge on any atom is 0.279 e. The minimum atomic E-state index is -0.164. The van der Waals surface area contributed by atoms with E-state index in [2.05, 4.69) is 26.6 Å². The number of hydrogen-bond donors (Lipinski definition) is 3. The first-order valence-corrected chi connectivity index (χ1v) is 9.13. The molecule has 7 heteroatoms. The predicted octanol–water partition coefficient (Wildman–Crippen LogP) is 1.94. The van der Waals surface area contributed by atoms with Crippen molar-refractivity contribution >= 4 is 39.1 Å². The number of methoxy groups -OCH3 is 1. The summed E-state index contributed by atoms with van der Waals surface area (Å²) in [5.41, 5.74) is 1.35. The predicted molar refractivity (Wildman–Crippen MR) is 106 cm³/mol. The Balaban J connectivity index is 1.88. The first-order valence-electron chi connectivity index (χ1n) is 8.33. The molecule has 0 aliphatic rings. The van der Waals surface area contributed by atoms with Crippen LogP contribution in [0.5, 0.6) is 5.75 Å². The summed E-state index contributed by atoms with van der Waals surface area (Å²) < 4.78 is 6.18. The van der Waals surface area contributed by atoms with E-state index in [0.717, 1.165) is 15.1 Å². The summed E-state index contributed by atoms with van der Waals surface area (Å²) in [6.07, 6.45) is 0. The first kappa shape index (κ1) is 19.9. The van der Waals surface area contributed by atoms with Gasteiger partial charge in [0.25, 0.3) is 11.8 Å². The lowest BCUT2D eigenvalue weighted by atomic mass is 10.3. The van der Waals surface area contributed by atoms with E-state index in [1.807, 2.05) is 43.3 Å². The molecule has 138 valence electrons. The SMILES string of the molecule is CC[NH+](CC(=O)Nc1ccc(Br)cc1)CC(=O)Nc1ccccc1OC. The van der Waals surface area contributed by atoms with Crippen LogP contribution in [0.2, 0.25) is 0 Å². The molecule has 0 heterocycles. The van der Waals surface area contributed by atoms with Crippen LogP contribution >= 0.6 is 15.9 Å². The van der Waals surface area contributed by atoms with Gasteiger partial charge in [0, 0.05) is 10.2 Å². The number of amides is 2. The lowest BCUT2D eigenvalue weighted by molar-refractivity contribution is -0.881. The van der Waals surface area contributed by atoms with Gasteiger partial charge in [0.1, 0.15) is 5.75 Å². The van der Waals surface area contributed by atoms with E-state index in [0.29, 0.717) is 18.0 Å². The van der Waals surface area contributed by atoms with Gasteiger partial charge in [-0.2, -0.15) is 0 Å². The van der Waals surface area contributed by atoms with Crippen LogP contribution in [0.1, 0.15) is 6.92 Å². The molecule has 2 aromatic rings. The van der Waals surface area contributed by atoms with Crippen LogP contribution in [0.15, 0.2) is 53.0 Å². The molecule has 1 atom stereocenters. The molecule has 0 bridgehead atoms. The van der Waals surface area contributed by atoms with Crippen molar-refractivity contribution in [2.45, 2.75) is 6.92 Å². The third-order valence-electron chi connectivity index (χ3n) is 3.83. The van der Waals surface area contributed by atoms with Crippen molar-refractivity contribution in [1.29, 1.82) is 0 Å². The number of nitrogens with one attached hydrogen (secondary N) is 3. The number of likely N-dealkylation sites (N-methyl/N-ethyl adjacent to an activating group) is 1. The van der Waals surface area contributed by atoms with Crippen molar-refractivity contribution in [1.82, 2.24) is 0 Å². The maximum atomic E-state index is 12.3. The number of halogens is 1. The fraction of sp³-hybridized carbons (Fsp3) is 0.263. The molecule has 0 fully saturated rings. The van der Waals surface area contributed by atoms with Crippen LogP contribution in [-0.2, 0) is 9.59 Å². The number of benzene rings is 2. The van der Waals surface area contributed by atoms with Gasteiger partial charge in [-0.1, -0.05) is 28.1 Å². The third-order valence-corrected chi connectivity index (χ3v) is 4.36. The largest absolute Gasteiger partial charge is 0.495 e. The lowest BCUT2D eigenvalue weighted by Crippen LogP contribution is -3.13. The molecule has 1 unspecified atom stereocenters. The molecule has 2 amide bonds. The maximum absolute atomic E-state index is 12.3. The molecular weight excluding hydrogens is 398 g/mol. The van der Waals surface area contributed by atoms with Crippen molar-refractivity contribution in [3.8, 4) is 5.75 Å². The minimum absolute atomic E-state index is 0.130. The molecule has 6 nitrogen and oxygen atoms in total. The van der Waals surface area contributed by atoms with E-state index in [-0.39, 0.29) is 24.9 Å². The third kappa shape index (κ3) is 6.16. The van der Waals surface area contributed by atoms with Crippen molar-refractivity contribution in [2.24, 2.45) is 0 Å². The van der Waals surface area contributed by atoms with Crippen LogP contribution in [0, 0.1) is 0 Å². The van der Waals surface area contributed by atoms with Crippen LogP contribution in [0.25, 0.3) is 0 Å². The van der Waals surface area contributed by atoms with Gasteiger partial charge in [-0.25, -0.2) is 0 Å². The van der Waals surface area contributed by atoms with Gasteiger partial charge in [0.2, 0.25) is 0 Å². The Morgan fingerprint density at radius 2 is 1.62 bits per heavy atom. The number of quaternary nitrogens is 1.